The Morgan fingerprint density at radius 3 is 2.88 bits per heavy atom. The summed E-state index contributed by atoms with van der Waals surface area (Å²) in [5.41, 5.74) is 1.65. The van der Waals surface area contributed by atoms with Gasteiger partial charge in [0.05, 0.1) is 17.9 Å². The van der Waals surface area contributed by atoms with Crippen molar-refractivity contribution < 1.29 is 4.39 Å². The van der Waals surface area contributed by atoms with Gasteiger partial charge in [0, 0.05) is 19.4 Å². The zero-order chi connectivity index (χ0) is 12.3. The summed E-state index contributed by atoms with van der Waals surface area (Å²) in [6.07, 6.45) is 4.72. The summed E-state index contributed by atoms with van der Waals surface area (Å²) in [5.74, 6) is -0.332. The first-order valence-corrected chi connectivity index (χ1v) is 5.54. The van der Waals surface area contributed by atoms with E-state index in [1.54, 1.807) is 10.9 Å². The van der Waals surface area contributed by atoms with E-state index in [9.17, 15) is 4.39 Å². The lowest BCUT2D eigenvalue weighted by Gasteiger charge is -2.15. The highest BCUT2D eigenvalue weighted by atomic mass is 19.1. The Hall–Kier alpha value is -1.75. The summed E-state index contributed by atoms with van der Waals surface area (Å²) in [6.45, 7) is 2.78. The molecule has 1 N–H and O–H groups in total. The Kier molecular flexibility index (Phi) is 3.49. The van der Waals surface area contributed by atoms with E-state index in [-0.39, 0.29) is 11.9 Å². The molecule has 2 aromatic heterocycles. The molecule has 0 saturated carbocycles. The molecule has 2 heterocycles. The third-order valence-corrected chi connectivity index (χ3v) is 2.50. The molecule has 1 unspecified atom stereocenters. The number of hydrogen-bond donors (Lipinski definition) is 1. The lowest BCUT2D eigenvalue weighted by atomic mass is 10.1. The van der Waals surface area contributed by atoms with E-state index in [1.807, 2.05) is 26.2 Å². The number of nitrogens with one attached hydrogen (secondary N) is 1. The van der Waals surface area contributed by atoms with Crippen LogP contribution in [-0.2, 0) is 7.05 Å². The molecule has 0 bridgehead atoms. The van der Waals surface area contributed by atoms with Crippen LogP contribution < -0.4 is 5.32 Å². The zero-order valence-corrected chi connectivity index (χ0v) is 9.89. The maximum Gasteiger partial charge on any atom is 0.141 e. The van der Waals surface area contributed by atoms with Gasteiger partial charge >= 0.3 is 0 Å². The van der Waals surface area contributed by atoms with Gasteiger partial charge in [-0.15, -0.1) is 0 Å². The first-order chi connectivity index (χ1) is 8.20. The minimum Gasteiger partial charge on any atom is -0.305 e. The Labute approximate surface area is 99.5 Å². The largest absolute Gasteiger partial charge is 0.305 e. The molecule has 0 aliphatic rings. The zero-order valence-electron chi connectivity index (χ0n) is 9.89. The van der Waals surface area contributed by atoms with Crippen LogP contribution in [0.4, 0.5) is 4.39 Å². The van der Waals surface area contributed by atoms with E-state index < -0.39 is 0 Å². The predicted octanol–water partition coefficient (Wildman–Crippen LogP) is 1.65. The molecule has 0 saturated heterocycles. The normalized spacial score (nSPS) is 12.6. The summed E-state index contributed by atoms with van der Waals surface area (Å²) in [6, 6.07) is 3.28. The lowest BCUT2D eigenvalue weighted by Crippen LogP contribution is -2.22. The van der Waals surface area contributed by atoms with Crippen molar-refractivity contribution >= 4 is 0 Å². The van der Waals surface area contributed by atoms with Crippen LogP contribution in [0.3, 0.4) is 0 Å². The Morgan fingerprint density at radius 2 is 2.29 bits per heavy atom. The molecule has 0 spiro atoms. The van der Waals surface area contributed by atoms with Crippen molar-refractivity contribution in [2.75, 3.05) is 6.54 Å². The van der Waals surface area contributed by atoms with Gasteiger partial charge in [-0.1, -0.05) is 6.92 Å². The fourth-order valence-corrected chi connectivity index (χ4v) is 1.77. The van der Waals surface area contributed by atoms with Crippen LogP contribution in [0.5, 0.6) is 0 Å². The highest BCUT2D eigenvalue weighted by Gasteiger charge is 2.16. The van der Waals surface area contributed by atoms with Gasteiger partial charge in [0.2, 0.25) is 0 Å². The van der Waals surface area contributed by atoms with Crippen LogP contribution in [0.15, 0.2) is 30.7 Å². The van der Waals surface area contributed by atoms with Crippen LogP contribution in [0.25, 0.3) is 0 Å². The van der Waals surface area contributed by atoms with Crippen LogP contribution in [0, 0.1) is 5.82 Å². The van der Waals surface area contributed by atoms with Crippen molar-refractivity contribution in [1.82, 2.24) is 20.1 Å². The van der Waals surface area contributed by atoms with Crippen LogP contribution in [0.2, 0.25) is 0 Å². The monoisotopic (exact) mass is 234 g/mol. The van der Waals surface area contributed by atoms with Crippen LogP contribution in [0.1, 0.15) is 24.2 Å². The minimum atomic E-state index is -0.332. The second kappa shape index (κ2) is 5.05. The molecule has 0 fully saturated rings. The summed E-state index contributed by atoms with van der Waals surface area (Å²) in [4.78, 5) is 3.87. The molecule has 4 nitrogen and oxygen atoms in total. The molecule has 1 atom stereocenters. The van der Waals surface area contributed by atoms with Gasteiger partial charge in [-0.3, -0.25) is 9.67 Å². The highest BCUT2D eigenvalue weighted by Crippen LogP contribution is 2.20. The Bertz CT molecular complexity index is 495. The molecule has 0 aromatic carbocycles. The number of halogens is 1. The third kappa shape index (κ3) is 2.68. The maximum absolute atomic E-state index is 13.2. The highest BCUT2D eigenvalue weighted by molar-refractivity contribution is 5.24. The first kappa shape index (κ1) is 11.7. The molecule has 0 amide bonds. The molecule has 5 heteroatoms. The lowest BCUT2D eigenvalue weighted by molar-refractivity contribution is 0.581. The second-order valence-corrected chi connectivity index (χ2v) is 3.84. The Balaban J connectivity index is 2.35. The minimum absolute atomic E-state index is 0.121. The average Bonchev–Trinajstić information content (AvgIpc) is 2.72. The fraction of sp³-hybridized carbons (Fsp3) is 0.333. The number of nitrogens with zero attached hydrogens (tertiary/aromatic N) is 3. The summed E-state index contributed by atoms with van der Waals surface area (Å²) < 4.78 is 14.9. The van der Waals surface area contributed by atoms with E-state index in [4.69, 9.17) is 0 Å². The van der Waals surface area contributed by atoms with E-state index in [1.165, 1.54) is 12.3 Å². The smallest absolute Gasteiger partial charge is 0.141 e. The van der Waals surface area contributed by atoms with Crippen LogP contribution in [-0.4, -0.2) is 21.3 Å². The van der Waals surface area contributed by atoms with Gasteiger partial charge < -0.3 is 5.32 Å². The molecule has 2 aromatic rings. The predicted molar refractivity (Wildman–Crippen MR) is 62.9 cm³/mol. The van der Waals surface area contributed by atoms with E-state index in [2.05, 4.69) is 15.4 Å². The van der Waals surface area contributed by atoms with E-state index in [0.717, 1.165) is 17.8 Å². The van der Waals surface area contributed by atoms with Gasteiger partial charge in [-0.25, -0.2) is 4.39 Å². The van der Waals surface area contributed by atoms with Crippen molar-refractivity contribution in [3.63, 3.8) is 0 Å². The van der Waals surface area contributed by atoms with Crippen molar-refractivity contribution in [3.05, 3.63) is 47.8 Å². The van der Waals surface area contributed by atoms with Crippen molar-refractivity contribution in [3.8, 4) is 0 Å². The van der Waals surface area contributed by atoms with Gasteiger partial charge in [0.15, 0.2) is 0 Å². The standard InChI is InChI=1S/C12H15FN4/c1-3-15-12(11-4-5-17(2)16-11)9-6-10(13)8-14-7-9/h4-8,12,15H,3H2,1-2H3. The molecule has 0 aliphatic heterocycles. The maximum atomic E-state index is 13.2. The topological polar surface area (TPSA) is 42.7 Å². The van der Waals surface area contributed by atoms with Crippen molar-refractivity contribution in [2.24, 2.45) is 7.05 Å². The van der Waals surface area contributed by atoms with Crippen molar-refractivity contribution in [1.29, 1.82) is 0 Å². The molecule has 0 radical (unpaired) electrons. The number of aromatic nitrogens is 3. The molecule has 17 heavy (non-hydrogen) atoms. The quantitative estimate of drug-likeness (QED) is 0.874. The van der Waals surface area contributed by atoms with Gasteiger partial charge in [0.25, 0.3) is 0 Å². The van der Waals surface area contributed by atoms with Gasteiger partial charge in [0.1, 0.15) is 5.82 Å². The van der Waals surface area contributed by atoms with E-state index in [0.29, 0.717) is 0 Å². The fourth-order valence-electron chi connectivity index (χ4n) is 1.77. The number of pyridine rings is 1. The third-order valence-electron chi connectivity index (χ3n) is 2.50. The number of aryl methyl sites for hydroxylation is 1. The average molecular weight is 234 g/mol. The summed E-state index contributed by atoms with van der Waals surface area (Å²) >= 11 is 0. The molecule has 2 rings (SSSR count). The van der Waals surface area contributed by atoms with Crippen LogP contribution >= 0.6 is 0 Å². The molecule has 0 aliphatic carbocycles. The van der Waals surface area contributed by atoms with E-state index >= 15 is 0 Å². The van der Waals surface area contributed by atoms with Crippen molar-refractivity contribution in [2.45, 2.75) is 13.0 Å². The number of rotatable bonds is 4. The summed E-state index contributed by atoms with van der Waals surface area (Å²) in [5, 5.41) is 7.61. The van der Waals surface area contributed by atoms with Gasteiger partial charge in [-0.2, -0.15) is 5.10 Å². The number of hydrogen-bond acceptors (Lipinski definition) is 3. The summed E-state index contributed by atoms with van der Waals surface area (Å²) in [7, 11) is 1.86. The molecular formula is C12H15FN4. The SMILES string of the molecule is CCNC(c1cncc(F)c1)c1ccn(C)n1. The van der Waals surface area contributed by atoms with Gasteiger partial charge in [-0.05, 0) is 24.2 Å². The second-order valence-electron chi connectivity index (χ2n) is 3.84. The Morgan fingerprint density at radius 1 is 1.47 bits per heavy atom. The molecular weight excluding hydrogens is 219 g/mol. The first-order valence-electron chi connectivity index (χ1n) is 5.54. The molecule has 90 valence electrons.